The number of anilines is 1. The van der Waals surface area contributed by atoms with Gasteiger partial charge in [0.2, 0.25) is 5.13 Å². The summed E-state index contributed by atoms with van der Waals surface area (Å²) in [6.07, 6.45) is 1.68. The van der Waals surface area contributed by atoms with E-state index in [4.69, 9.17) is 0 Å². The molecular formula is C16H11BrN4OS2. The highest BCUT2D eigenvalue weighted by atomic mass is 79.9. The molecule has 1 aliphatic rings. The summed E-state index contributed by atoms with van der Waals surface area (Å²) >= 11 is 6.45. The van der Waals surface area contributed by atoms with Crippen molar-refractivity contribution in [1.29, 1.82) is 0 Å². The van der Waals surface area contributed by atoms with Gasteiger partial charge in [-0.3, -0.25) is 4.79 Å². The van der Waals surface area contributed by atoms with Crippen molar-refractivity contribution >= 4 is 65.6 Å². The molecule has 8 heteroatoms. The van der Waals surface area contributed by atoms with Crippen LogP contribution in [0, 0.1) is 0 Å². The van der Waals surface area contributed by atoms with E-state index in [0.29, 0.717) is 16.4 Å². The molecule has 0 saturated carbocycles. The fraction of sp³-hybridized carbons (Fsp3) is 0.0625. The summed E-state index contributed by atoms with van der Waals surface area (Å²) < 4.78 is 2.02. The predicted molar refractivity (Wildman–Crippen MR) is 103 cm³/mol. The Kier molecular flexibility index (Phi) is 3.95. The van der Waals surface area contributed by atoms with Crippen LogP contribution in [-0.2, 0) is 4.79 Å². The number of carbonyl (C=O) groups is 1. The van der Waals surface area contributed by atoms with E-state index in [0.717, 1.165) is 18.9 Å². The first-order chi connectivity index (χ1) is 11.7. The lowest BCUT2D eigenvalue weighted by Crippen LogP contribution is -2.22. The summed E-state index contributed by atoms with van der Waals surface area (Å²) in [5.74, 6) is -0.178. The van der Waals surface area contributed by atoms with Gasteiger partial charge in [-0.1, -0.05) is 23.5 Å². The lowest BCUT2D eigenvalue weighted by molar-refractivity contribution is -0.114. The Bertz CT molecular complexity index is 971. The largest absolute Gasteiger partial charge is 0.393 e. The third-order valence-electron chi connectivity index (χ3n) is 3.44. The van der Waals surface area contributed by atoms with Gasteiger partial charge in [0.1, 0.15) is 5.71 Å². The number of rotatable bonds is 3. The zero-order valence-electron chi connectivity index (χ0n) is 12.5. The van der Waals surface area contributed by atoms with Crippen LogP contribution in [-0.4, -0.2) is 23.7 Å². The van der Waals surface area contributed by atoms with E-state index in [1.54, 1.807) is 24.6 Å². The summed E-state index contributed by atoms with van der Waals surface area (Å²) in [4.78, 5) is 18.3. The second kappa shape index (κ2) is 6.12. The molecule has 0 radical (unpaired) electrons. The van der Waals surface area contributed by atoms with E-state index in [-0.39, 0.29) is 5.91 Å². The smallest absolute Gasteiger partial charge is 0.284 e. The highest BCUT2D eigenvalue weighted by molar-refractivity contribution is 9.11. The molecule has 120 valence electrons. The molecule has 0 aliphatic carbocycles. The summed E-state index contributed by atoms with van der Waals surface area (Å²) in [7, 11) is 1.77. The minimum Gasteiger partial charge on any atom is -0.393 e. The highest BCUT2D eigenvalue weighted by Gasteiger charge is 2.34. The van der Waals surface area contributed by atoms with Crippen LogP contribution in [0.3, 0.4) is 0 Å². The maximum Gasteiger partial charge on any atom is 0.284 e. The number of halogens is 1. The van der Waals surface area contributed by atoms with Crippen molar-refractivity contribution in [2.75, 3.05) is 12.1 Å². The van der Waals surface area contributed by atoms with E-state index in [9.17, 15) is 4.79 Å². The van der Waals surface area contributed by atoms with Crippen molar-refractivity contribution in [2.45, 2.75) is 0 Å². The van der Waals surface area contributed by atoms with Gasteiger partial charge in [-0.05, 0) is 40.2 Å². The van der Waals surface area contributed by atoms with Gasteiger partial charge < -0.3 is 5.32 Å². The third-order valence-corrected chi connectivity index (χ3v) is 6.08. The van der Waals surface area contributed by atoms with Gasteiger partial charge in [0.15, 0.2) is 0 Å². The van der Waals surface area contributed by atoms with Crippen LogP contribution in [0.5, 0.6) is 0 Å². The van der Waals surface area contributed by atoms with Crippen LogP contribution in [0.4, 0.5) is 5.13 Å². The lowest BCUT2D eigenvalue weighted by Gasteiger charge is -2.06. The molecule has 3 aromatic rings. The molecule has 1 aromatic carbocycles. The molecule has 0 atom stereocenters. The first-order valence-electron chi connectivity index (χ1n) is 7.09. The zero-order valence-corrected chi connectivity index (χ0v) is 15.7. The number of hydrogen-bond donors (Lipinski definition) is 1. The first-order valence-corrected chi connectivity index (χ1v) is 9.52. The van der Waals surface area contributed by atoms with Gasteiger partial charge >= 0.3 is 0 Å². The second-order valence-corrected chi connectivity index (χ2v) is 8.45. The van der Waals surface area contributed by atoms with Crippen LogP contribution in [0.1, 0.15) is 4.88 Å². The summed E-state index contributed by atoms with van der Waals surface area (Å²) in [5.41, 5.74) is 2.06. The molecule has 0 fully saturated rings. The number of thiazole rings is 1. The van der Waals surface area contributed by atoms with Crippen molar-refractivity contribution in [3.8, 4) is 0 Å². The molecule has 2 aromatic heterocycles. The molecule has 1 amide bonds. The summed E-state index contributed by atoms with van der Waals surface area (Å²) in [6.45, 7) is 0. The van der Waals surface area contributed by atoms with E-state index in [2.05, 4.69) is 31.3 Å². The Hall–Kier alpha value is -2.03. The zero-order chi connectivity index (χ0) is 16.7. The van der Waals surface area contributed by atoms with Crippen molar-refractivity contribution in [3.05, 3.63) is 56.8 Å². The number of benzene rings is 1. The SMILES string of the molecule is CN/C=C1/C(=O)N(c2nc3ccccc3s2)N=C1c1ccc(Br)s1. The lowest BCUT2D eigenvalue weighted by atomic mass is 10.1. The van der Waals surface area contributed by atoms with Gasteiger partial charge in [0.05, 0.1) is 24.5 Å². The van der Waals surface area contributed by atoms with Gasteiger partial charge in [-0.25, -0.2) is 4.98 Å². The number of amides is 1. The van der Waals surface area contributed by atoms with Crippen LogP contribution >= 0.6 is 38.6 Å². The Morgan fingerprint density at radius 3 is 2.75 bits per heavy atom. The minimum atomic E-state index is -0.178. The van der Waals surface area contributed by atoms with Gasteiger partial charge in [-0.15, -0.1) is 11.3 Å². The molecule has 1 N–H and O–H groups in total. The normalized spacial score (nSPS) is 16.2. The molecule has 4 rings (SSSR count). The summed E-state index contributed by atoms with van der Waals surface area (Å²) in [6, 6.07) is 11.7. The fourth-order valence-electron chi connectivity index (χ4n) is 2.39. The van der Waals surface area contributed by atoms with Gasteiger partial charge in [-0.2, -0.15) is 10.1 Å². The average Bonchev–Trinajstić information content (AvgIpc) is 3.26. The molecule has 24 heavy (non-hydrogen) atoms. The minimum absolute atomic E-state index is 0.178. The van der Waals surface area contributed by atoms with Crippen molar-refractivity contribution in [1.82, 2.24) is 10.3 Å². The Morgan fingerprint density at radius 1 is 1.21 bits per heavy atom. The summed E-state index contributed by atoms with van der Waals surface area (Å²) in [5, 5.41) is 9.44. The fourth-order valence-corrected chi connectivity index (χ4v) is 4.69. The van der Waals surface area contributed by atoms with Gasteiger partial charge in [0, 0.05) is 13.2 Å². The van der Waals surface area contributed by atoms with Crippen molar-refractivity contribution in [2.24, 2.45) is 5.10 Å². The molecule has 0 unspecified atom stereocenters. The Labute approximate surface area is 154 Å². The van der Waals surface area contributed by atoms with Crippen LogP contribution in [0.15, 0.2) is 57.1 Å². The quantitative estimate of drug-likeness (QED) is 0.654. The van der Waals surface area contributed by atoms with E-state index >= 15 is 0 Å². The van der Waals surface area contributed by atoms with Gasteiger partial charge in [0.25, 0.3) is 5.91 Å². The maximum absolute atomic E-state index is 12.8. The Morgan fingerprint density at radius 2 is 2.04 bits per heavy atom. The first kappa shape index (κ1) is 15.5. The van der Waals surface area contributed by atoms with Crippen molar-refractivity contribution in [3.63, 3.8) is 0 Å². The number of nitrogens with zero attached hydrogens (tertiary/aromatic N) is 3. The number of fused-ring (bicyclic) bond motifs is 1. The molecule has 0 saturated heterocycles. The molecule has 1 aliphatic heterocycles. The van der Waals surface area contributed by atoms with E-state index in [1.807, 2.05) is 36.4 Å². The molecule has 0 bridgehead atoms. The number of para-hydroxylation sites is 1. The second-order valence-electron chi connectivity index (χ2n) is 4.98. The molecule has 5 nitrogen and oxygen atoms in total. The number of aromatic nitrogens is 1. The Balaban J connectivity index is 1.82. The number of carbonyl (C=O) groups excluding carboxylic acids is 1. The predicted octanol–water partition coefficient (Wildman–Crippen LogP) is 3.97. The van der Waals surface area contributed by atoms with E-state index in [1.165, 1.54) is 16.3 Å². The topological polar surface area (TPSA) is 57.6 Å². The van der Waals surface area contributed by atoms with Crippen LogP contribution in [0.2, 0.25) is 0 Å². The third kappa shape index (κ3) is 2.56. The number of thiophene rings is 1. The van der Waals surface area contributed by atoms with Crippen LogP contribution < -0.4 is 10.3 Å². The van der Waals surface area contributed by atoms with E-state index < -0.39 is 0 Å². The maximum atomic E-state index is 12.8. The van der Waals surface area contributed by atoms with Crippen LogP contribution in [0.25, 0.3) is 10.2 Å². The number of hydrogen-bond acceptors (Lipinski definition) is 6. The average molecular weight is 419 g/mol. The highest BCUT2D eigenvalue weighted by Crippen LogP contribution is 2.34. The number of hydrazone groups is 1. The standard InChI is InChI=1S/C16H11BrN4OS2/c1-18-8-9-14(12-6-7-13(17)23-12)20-21(15(9)22)16-19-10-4-2-3-5-11(10)24-16/h2-8,18H,1H3/b9-8+. The monoisotopic (exact) mass is 418 g/mol. The molecule has 0 spiro atoms. The van der Waals surface area contributed by atoms with Crippen molar-refractivity contribution < 1.29 is 4.79 Å². The number of nitrogens with one attached hydrogen (secondary N) is 1. The molecular weight excluding hydrogens is 408 g/mol. The molecule has 3 heterocycles.